The van der Waals surface area contributed by atoms with Crippen molar-refractivity contribution in [3.8, 4) is 0 Å². The van der Waals surface area contributed by atoms with Crippen LogP contribution in [0.4, 0.5) is 19.0 Å². The molecule has 0 spiro atoms. The van der Waals surface area contributed by atoms with Gasteiger partial charge in [0.25, 0.3) is 5.56 Å². The van der Waals surface area contributed by atoms with E-state index in [1.807, 2.05) is 11.4 Å². The van der Waals surface area contributed by atoms with E-state index in [-0.39, 0.29) is 6.54 Å². The molecule has 0 saturated heterocycles. The Hall–Kier alpha value is -2.66. The van der Waals surface area contributed by atoms with E-state index in [0.29, 0.717) is 29.2 Å². The average Bonchev–Trinajstić information content (AvgIpc) is 3.11. The van der Waals surface area contributed by atoms with Crippen LogP contribution in [0.25, 0.3) is 10.2 Å². The lowest BCUT2D eigenvalue weighted by atomic mass is 10.2. The van der Waals surface area contributed by atoms with E-state index in [1.165, 1.54) is 17.7 Å². The maximum Gasteiger partial charge on any atom is 0.417 e. The van der Waals surface area contributed by atoms with E-state index >= 15 is 0 Å². The lowest BCUT2D eigenvalue weighted by Gasteiger charge is -2.12. The Kier molecular flexibility index (Phi) is 5.84. The van der Waals surface area contributed by atoms with Crippen LogP contribution in [0.2, 0.25) is 5.02 Å². The minimum Gasteiger partial charge on any atom is -0.368 e. The SMILES string of the molecule is O=C(Cn1cc(C(F)(F)F)cc(Cl)c1=O)NCCNc1ncnc2sccc12. The van der Waals surface area contributed by atoms with E-state index < -0.39 is 34.8 Å². The standard InChI is InChI=1S/C16H13ClF3N5O2S/c17-11-5-9(16(18,19)20)6-25(15(11)27)7-12(26)21-2-3-22-13-10-1-4-28-14(10)24-8-23-13/h1,4-6,8H,2-3,7H2,(H,21,26)(H,22,23,24). The predicted molar refractivity (Wildman–Crippen MR) is 99.6 cm³/mol. The Morgan fingerprint density at radius 2 is 2.07 bits per heavy atom. The summed E-state index contributed by atoms with van der Waals surface area (Å²) in [6.07, 6.45) is -2.69. The largest absolute Gasteiger partial charge is 0.417 e. The number of thiophene rings is 1. The molecule has 2 N–H and O–H groups in total. The molecule has 3 heterocycles. The lowest BCUT2D eigenvalue weighted by Crippen LogP contribution is -2.35. The highest BCUT2D eigenvalue weighted by molar-refractivity contribution is 7.16. The summed E-state index contributed by atoms with van der Waals surface area (Å²) in [4.78, 5) is 32.9. The topological polar surface area (TPSA) is 88.9 Å². The number of fused-ring (bicyclic) bond motifs is 1. The first-order valence-corrected chi connectivity index (χ1v) is 9.17. The van der Waals surface area contributed by atoms with Crippen LogP contribution in [-0.2, 0) is 17.5 Å². The van der Waals surface area contributed by atoms with E-state index in [2.05, 4.69) is 20.6 Å². The fourth-order valence-electron chi connectivity index (χ4n) is 2.40. The van der Waals surface area contributed by atoms with Gasteiger partial charge in [0.1, 0.15) is 28.5 Å². The number of pyridine rings is 1. The smallest absolute Gasteiger partial charge is 0.368 e. The molecular weight excluding hydrogens is 419 g/mol. The number of halogens is 4. The summed E-state index contributed by atoms with van der Waals surface area (Å²) in [6, 6.07) is 2.40. The molecule has 3 aromatic heterocycles. The molecule has 148 valence electrons. The third-order valence-electron chi connectivity index (χ3n) is 3.68. The summed E-state index contributed by atoms with van der Waals surface area (Å²) in [5.41, 5.74) is -1.97. The maximum atomic E-state index is 12.8. The molecule has 7 nitrogen and oxygen atoms in total. The normalized spacial score (nSPS) is 11.6. The zero-order chi connectivity index (χ0) is 20.3. The van der Waals surface area contributed by atoms with Gasteiger partial charge in [-0.25, -0.2) is 9.97 Å². The summed E-state index contributed by atoms with van der Waals surface area (Å²) >= 11 is 7.02. The number of nitrogens with zero attached hydrogens (tertiary/aromatic N) is 3. The molecule has 0 atom stereocenters. The summed E-state index contributed by atoms with van der Waals surface area (Å²) < 4.78 is 39.1. The van der Waals surface area contributed by atoms with Crippen molar-refractivity contribution in [2.45, 2.75) is 12.7 Å². The van der Waals surface area contributed by atoms with Crippen molar-refractivity contribution in [2.75, 3.05) is 18.4 Å². The van der Waals surface area contributed by atoms with Gasteiger partial charge in [-0.3, -0.25) is 9.59 Å². The molecular formula is C16H13ClF3N5O2S. The quantitative estimate of drug-likeness (QED) is 0.586. The second kappa shape index (κ2) is 8.15. The van der Waals surface area contributed by atoms with Gasteiger partial charge in [0, 0.05) is 19.3 Å². The molecule has 0 aromatic carbocycles. The van der Waals surface area contributed by atoms with Crippen LogP contribution in [0.5, 0.6) is 0 Å². The monoisotopic (exact) mass is 431 g/mol. The summed E-state index contributed by atoms with van der Waals surface area (Å²) in [7, 11) is 0. The number of nitrogens with one attached hydrogen (secondary N) is 2. The summed E-state index contributed by atoms with van der Waals surface area (Å²) in [6.45, 7) is -0.0768. The van der Waals surface area contributed by atoms with Gasteiger partial charge in [-0.15, -0.1) is 11.3 Å². The highest BCUT2D eigenvalue weighted by Gasteiger charge is 2.32. The van der Waals surface area contributed by atoms with Gasteiger partial charge in [-0.1, -0.05) is 11.6 Å². The minimum atomic E-state index is -4.68. The average molecular weight is 432 g/mol. The molecule has 3 aromatic rings. The predicted octanol–water partition coefficient (Wildman–Crippen LogP) is 2.75. The Morgan fingerprint density at radius 1 is 1.29 bits per heavy atom. The van der Waals surface area contributed by atoms with E-state index in [1.54, 1.807) is 0 Å². The molecule has 0 aliphatic heterocycles. The Morgan fingerprint density at radius 3 is 2.82 bits per heavy atom. The van der Waals surface area contributed by atoms with Crippen molar-refractivity contribution < 1.29 is 18.0 Å². The van der Waals surface area contributed by atoms with Gasteiger partial charge >= 0.3 is 6.18 Å². The maximum absolute atomic E-state index is 12.8. The molecule has 0 unspecified atom stereocenters. The zero-order valence-electron chi connectivity index (χ0n) is 14.1. The zero-order valence-corrected chi connectivity index (χ0v) is 15.7. The van der Waals surface area contributed by atoms with Crippen molar-refractivity contribution in [2.24, 2.45) is 0 Å². The summed E-state index contributed by atoms with van der Waals surface area (Å²) in [5.74, 6) is -0.0102. The van der Waals surface area contributed by atoms with Crippen molar-refractivity contribution in [3.05, 3.63) is 51.0 Å². The third kappa shape index (κ3) is 4.60. The number of hydrogen-bond donors (Lipinski definition) is 2. The lowest BCUT2D eigenvalue weighted by molar-refractivity contribution is -0.138. The molecule has 0 fully saturated rings. The van der Waals surface area contributed by atoms with Gasteiger partial charge in [-0.2, -0.15) is 13.2 Å². The third-order valence-corrected chi connectivity index (χ3v) is 4.78. The van der Waals surface area contributed by atoms with E-state index in [0.717, 1.165) is 10.2 Å². The van der Waals surface area contributed by atoms with Crippen LogP contribution in [0, 0.1) is 0 Å². The van der Waals surface area contributed by atoms with E-state index in [9.17, 15) is 22.8 Å². The number of anilines is 1. The second-order valence-corrected chi connectivity index (χ2v) is 6.95. The van der Waals surface area contributed by atoms with Gasteiger partial charge < -0.3 is 15.2 Å². The van der Waals surface area contributed by atoms with Crippen LogP contribution >= 0.6 is 22.9 Å². The van der Waals surface area contributed by atoms with Gasteiger partial charge in [0.15, 0.2) is 0 Å². The Balaban J connectivity index is 1.57. The first-order valence-electron chi connectivity index (χ1n) is 7.91. The van der Waals surface area contributed by atoms with Crippen LogP contribution in [-0.4, -0.2) is 33.5 Å². The number of alkyl halides is 3. The number of carbonyl (C=O) groups excluding carboxylic acids is 1. The Bertz CT molecular complexity index is 1070. The molecule has 1 amide bonds. The first kappa shape index (κ1) is 20.1. The first-order chi connectivity index (χ1) is 13.3. The molecule has 0 saturated carbocycles. The fourth-order valence-corrected chi connectivity index (χ4v) is 3.35. The van der Waals surface area contributed by atoms with Crippen LogP contribution < -0.4 is 16.2 Å². The van der Waals surface area contributed by atoms with Crippen molar-refractivity contribution >= 4 is 44.9 Å². The van der Waals surface area contributed by atoms with Crippen LogP contribution in [0.1, 0.15) is 5.56 Å². The van der Waals surface area contributed by atoms with Crippen LogP contribution in [0.3, 0.4) is 0 Å². The summed E-state index contributed by atoms with van der Waals surface area (Å²) in [5, 5.41) is 7.69. The highest BCUT2D eigenvalue weighted by atomic mass is 35.5. The molecule has 0 aliphatic rings. The van der Waals surface area contributed by atoms with Crippen molar-refractivity contribution in [1.29, 1.82) is 0 Å². The molecule has 0 bridgehead atoms. The number of aromatic nitrogens is 3. The Labute approximate surface area is 165 Å². The fraction of sp³-hybridized carbons (Fsp3) is 0.250. The molecule has 28 heavy (non-hydrogen) atoms. The number of carbonyl (C=O) groups is 1. The van der Waals surface area contributed by atoms with Crippen molar-refractivity contribution in [1.82, 2.24) is 19.9 Å². The number of hydrogen-bond acceptors (Lipinski definition) is 6. The van der Waals surface area contributed by atoms with Gasteiger partial charge in [-0.05, 0) is 17.5 Å². The highest BCUT2D eigenvalue weighted by Crippen LogP contribution is 2.29. The minimum absolute atomic E-state index is 0.176. The number of rotatable bonds is 6. The van der Waals surface area contributed by atoms with Crippen LogP contribution in [0.15, 0.2) is 34.8 Å². The van der Waals surface area contributed by atoms with Gasteiger partial charge in [0.05, 0.1) is 10.9 Å². The second-order valence-electron chi connectivity index (χ2n) is 5.65. The molecule has 0 radical (unpaired) electrons. The molecule has 12 heteroatoms. The van der Waals surface area contributed by atoms with E-state index in [4.69, 9.17) is 11.6 Å². The van der Waals surface area contributed by atoms with Gasteiger partial charge in [0.2, 0.25) is 5.91 Å². The molecule has 0 aliphatic carbocycles. The molecule has 3 rings (SSSR count). The van der Waals surface area contributed by atoms with Crippen molar-refractivity contribution in [3.63, 3.8) is 0 Å². The number of amides is 1.